The molecule has 0 aromatic carbocycles. The average Bonchev–Trinajstić information content (AvgIpc) is 2.89. The molecular weight excluding hydrogens is 162 g/mol. The Morgan fingerprint density at radius 1 is 1.46 bits per heavy atom. The first-order chi connectivity index (χ1) is 6.31. The highest BCUT2D eigenvalue weighted by atomic mass is 16.5. The van der Waals surface area contributed by atoms with E-state index in [1.807, 2.05) is 12.4 Å². The van der Waals surface area contributed by atoms with Gasteiger partial charge in [-0.05, 0) is 37.3 Å². The molecular formula is C11H15NO. The van der Waals surface area contributed by atoms with Gasteiger partial charge in [0.2, 0.25) is 0 Å². The highest BCUT2D eigenvalue weighted by Crippen LogP contribution is 2.29. The molecule has 0 aliphatic heterocycles. The maximum Gasteiger partial charge on any atom is 0.141 e. The van der Waals surface area contributed by atoms with Crippen LogP contribution in [0.15, 0.2) is 12.4 Å². The van der Waals surface area contributed by atoms with E-state index in [0.717, 1.165) is 12.2 Å². The Bertz CT molecular complexity index is 305. The van der Waals surface area contributed by atoms with E-state index in [1.165, 1.54) is 24.0 Å². The first kappa shape index (κ1) is 8.54. The summed E-state index contributed by atoms with van der Waals surface area (Å²) in [6.07, 6.45) is 7.64. The Balaban J connectivity index is 2.25. The van der Waals surface area contributed by atoms with Crippen molar-refractivity contribution in [3.63, 3.8) is 0 Å². The third kappa shape index (κ3) is 1.82. The second-order valence-corrected chi connectivity index (χ2v) is 3.60. The molecule has 0 N–H and O–H groups in total. The minimum absolute atomic E-state index is 0.467. The van der Waals surface area contributed by atoms with Crippen molar-refractivity contribution in [3.05, 3.63) is 23.5 Å². The number of nitrogens with zero attached hydrogens (tertiary/aromatic N) is 1. The summed E-state index contributed by atoms with van der Waals surface area (Å²) in [6.45, 7) is 4.24. The normalized spacial score (nSPS) is 15.8. The number of rotatable bonds is 3. The molecule has 1 heterocycles. The summed E-state index contributed by atoms with van der Waals surface area (Å²) >= 11 is 0. The van der Waals surface area contributed by atoms with Gasteiger partial charge in [-0.2, -0.15) is 0 Å². The molecule has 0 bridgehead atoms. The molecule has 1 saturated carbocycles. The van der Waals surface area contributed by atoms with E-state index in [4.69, 9.17) is 4.74 Å². The van der Waals surface area contributed by atoms with Crippen LogP contribution in [0, 0.1) is 6.92 Å². The molecule has 0 radical (unpaired) electrons. The molecule has 13 heavy (non-hydrogen) atoms. The molecule has 2 rings (SSSR count). The monoisotopic (exact) mass is 177 g/mol. The molecule has 1 fully saturated rings. The summed E-state index contributed by atoms with van der Waals surface area (Å²) in [5.41, 5.74) is 2.54. The fourth-order valence-electron chi connectivity index (χ4n) is 1.49. The molecule has 2 heteroatoms. The van der Waals surface area contributed by atoms with Gasteiger partial charge in [0.25, 0.3) is 0 Å². The van der Waals surface area contributed by atoms with Crippen molar-refractivity contribution in [2.45, 2.75) is 39.2 Å². The van der Waals surface area contributed by atoms with Crippen LogP contribution >= 0.6 is 0 Å². The summed E-state index contributed by atoms with van der Waals surface area (Å²) < 4.78 is 5.77. The highest BCUT2D eigenvalue weighted by Gasteiger charge is 2.24. The molecule has 0 amide bonds. The van der Waals surface area contributed by atoms with Gasteiger partial charge in [0.1, 0.15) is 5.75 Å². The van der Waals surface area contributed by atoms with Gasteiger partial charge in [0.05, 0.1) is 12.3 Å². The molecule has 2 nitrogen and oxygen atoms in total. The molecule has 1 aromatic heterocycles. The standard InChI is InChI=1S/C11H15NO/c1-3-10-8(2)6-12-7-11(10)13-9-4-5-9/h6-7,9H,3-5H2,1-2H3. The zero-order chi connectivity index (χ0) is 9.26. The van der Waals surface area contributed by atoms with Crippen molar-refractivity contribution in [1.29, 1.82) is 0 Å². The highest BCUT2D eigenvalue weighted by molar-refractivity contribution is 5.36. The molecule has 1 aliphatic rings. The molecule has 1 aliphatic carbocycles. The Morgan fingerprint density at radius 3 is 2.85 bits per heavy atom. The number of ether oxygens (including phenoxy) is 1. The predicted molar refractivity (Wildman–Crippen MR) is 52.0 cm³/mol. The number of pyridine rings is 1. The Hall–Kier alpha value is -1.05. The third-order valence-electron chi connectivity index (χ3n) is 2.40. The van der Waals surface area contributed by atoms with E-state index >= 15 is 0 Å². The summed E-state index contributed by atoms with van der Waals surface area (Å²) in [4.78, 5) is 4.15. The average molecular weight is 177 g/mol. The van der Waals surface area contributed by atoms with Crippen LogP contribution < -0.4 is 4.74 Å². The zero-order valence-electron chi connectivity index (χ0n) is 8.21. The Labute approximate surface area is 78.9 Å². The van der Waals surface area contributed by atoms with Gasteiger partial charge < -0.3 is 4.74 Å². The van der Waals surface area contributed by atoms with E-state index < -0.39 is 0 Å². The fraction of sp³-hybridized carbons (Fsp3) is 0.545. The topological polar surface area (TPSA) is 22.1 Å². The summed E-state index contributed by atoms with van der Waals surface area (Å²) in [7, 11) is 0. The Kier molecular flexibility index (Phi) is 2.21. The van der Waals surface area contributed by atoms with Gasteiger partial charge in [-0.3, -0.25) is 4.98 Å². The lowest BCUT2D eigenvalue weighted by Gasteiger charge is -2.10. The molecule has 0 spiro atoms. The number of aromatic nitrogens is 1. The number of hydrogen-bond acceptors (Lipinski definition) is 2. The van der Waals surface area contributed by atoms with E-state index in [2.05, 4.69) is 18.8 Å². The second-order valence-electron chi connectivity index (χ2n) is 3.60. The van der Waals surface area contributed by atoms with Crippen molar-refractivity contribution in [2.75, 3.05) is 0 Å². The van der Waals surface area contributed by atoms with Gasteiger partial charge >= 0.3 is 0 Å². The van der Waals surface area contributed by atoms with Gasteiger partial charge in [0, 0.05) is 6.20 Å². The molecule has 0 atom stereocenters. The summed E-state index contributed by atoms with van der Waals surface area (Å²) in [6, 6.07) is 0. The van der Waals surface area contributed by atoms with Crippen molar-refractivity contribution >= 4 is 0 Å². The van der Waals surface area contributed by atoms with Crippen LogP contribution in [0.1, 0.15) is 30.9 Å². The summed E-state index contributed by atoms with van der Waals surface area (Å²) in [5, 5.41) is 0. The minimum atomic E-state index is 0.467. The van der Waals surface area contributed by atoms with Crippen LogP contribution in [0.25, 0.3) is 0 Å². The van der Waals surface area contributed by atoms with Crippen LogP contribution in [-0.2, 0) is 6.42 Å². The van der Waals surface area contributed by atoms with Crippen LogP contribution in [0.5, 0.6) is 5.75 Å². The number of aryl methyl sites for hydroxylation is 1. The van der Waals surface area contributed by atoms with E-state index in [1.54, 1.807) is 0 Å². The zero-order valence-corrected chi connectivity index (χ0v) is 8.21. The van der Waals surface area contributed by atoms with Crippen molar-refractivity contribution < 1.29 is 4.74 Å². The quantitative estimate of drug-likeness (QED) is 0.707. The summed E-state index contributed by atoms with van der Waals surface area (Å²) in [5.74, 6) is 0.991. The van der Waals surface area contributed by atoms with Gasteiger partial charge in [0.15, 0.2) is 0 Å². The lowest BCUT2D eigenvalue weighted by atomic mass is 10.1. The van der Waals surface area contributed by atoms with Crippen LogP contribution in [0.3, 0.4) is 0 Å². The van der Waals surface area contributed by atoms with Gasteiger partial charge in [-0.25, -0.2) is 0 Å². The molecule has 70 valence electrons. The first-order valence-electron chi connectivity index (χ1n) is 4.91. The minimum Gasteiger partial charge on any atom is -0.489 e. The predicted octanol–water partition coefficient (Wildman–Crippen LogP) is 2.49. The maximum atomic E-state index is 5.77. The third-order valence-corrected chi connectivity index (χ3v) is 2.40. The van der Waals surface area contributed by atoms with Crippen molar-refractivity contribution in [2.24, 2.45) is 0 Å². The van der Waals surface area contributed by atoms with E-state index in [9.17, 15) is 0 Å². The van der Waals surface area contributed by atoms with Crippen molar-refractivity contribution in [3.8, 4) is 5.75 Å². The lowest BCUT2D eigenvalue weighted by molar-refractivity contribution is 0.298. The first-order valence-corrected chi connectivity index (χ1v) is 4.91. The fourth-order valence-corrected chi connectivity index (χ4v) is 1.49. The lowest BCUT2D eigenvalue weighted by Crippen LogP contribution is -2.01. The van der Waals surface area contributed by atoms with Gasteiger partial charge in [-0.1, -0.05) is 6.92 Å². The van der Waals surface area contributed by atoms with E-state index in [0.29, 0.717) is 6.10 Å². The van der Waals surface area contributed by atoms with Crippen LogP contribution in [0.4, 0.5) is 0 Å². The number of hydrogen-bond donors (Lipinski definition) is 0. The van der Waals surface area contributed by atoms with Crippen LogP contribution in [-0.4, -0.2) is 11.1 Å². The second kappa shape index (κ2) is 3.36. The Morgan fingerprint density at radius 2 is 2.23 bits per heavy atom. The van der Waals surface area contributed by atoms with E-state index in [-0.39, 0.29) is 0 Å². The molecule has 0 unspecified atom stereocenters. The molecule has 1 aromatic rings. The maximum absolute atomic E-state index is 5.77. The van der Waals surface area contributed by atoms with Crippen molar-refractivity contribution in [1.82, 2.24) is 4.98 Å². The molecule has 0 saturated heterocycles. The van der Waals surface area contributed by atoms with Gasteiger partial charge in [-0.15, -0.1) is 0 Å². The smallest absolute Gasteiger partial charge is 0.141 e. The van der Waals surface area contributed by atoms with Crippen LogP contribution in [0.2, 0.25) is 0 Å². The largest absolute Gasteiger partial charge is 0.489 e. The SMILES string of the molecule is CCc1c(C)cncc1OC1CC1.